The summed E-state index contributed by atoms with van der Waals surface area (Å²) in [4.78, 5) is 0. The third kappa shape index (κ3) is 3.85. The number of nitrogen functional groups attached to an aromatic ring is 1. The lowest BCUT2D eigenvalue weighted by atomic mass is 10.2. The topological polar surface area (TPSA) is 76.9 Å². The third-order valence-electron chi connectivity index (χ3n) is 2.74. The van der Waals surface area contributed by atoms with Gasteiger partial charge in [-0.25, -0.2) is 4.68 Å². The van der Waals surface area contributed by atoms with Crippen LogP contribution in [0.25, 0.3) is 5.69 Å². The van der Waals surface area contributed by atoms with E-state index in [1.807, 2.05) is 0 Å². The van der Waals surface area contributed by atoms with Crippen molar-refractivity contribution in [1.82, 2.24) is 9.78 Å². The fourth-order valence-electron chi connectivity index (χ4n) is 1.85. The molecule has 0 atom stereocenters. The quantitative estimate of drug-likeness (QED) is 0.744. The van der Waals surface area contributed by atoms with Gasteiger partial charge in [-0.1, -0.05) is 23.2 Å². The van der Waals surface area contributed by atoms with E-state index in [2.05, 4.69) is 9.84 Å². The first-order valence-corrected chi connectivity index (χ1v) is 6.71. The molecule has 0 aliphatic heterocycles. The van der Waals surface area contributed by atoms with E-state index in [1.54, 1.807) is 0 Å². The molecule has 0 saturated heterocycles. The lowest BCUT2D eigenvalue weighted by Crippen LogP contribution is -2.17. The highest BCUT2D eigenvalue weighted by Crippen LogP contribution is 2.39. The Bertz CT molecular complexity index is 845. The lowest BCUT2D eigenvalue weighted by molar-refractivity contribution is -0.274. The van der Waals surface area contributed by atoms with E-state index < -0.39 is 51.1 Å². The number of hydrogen-bond donors (Lipinski definition) is 1. The van der Waals surface area contributed by atoms with Gasteiger partial charge >= 0.3 is 12.5 Å². The van der Waals surface area contributed by atoms with Crippen LogP contribution in [0.15, 0.2) is 12.1 Å². The number of nitriles is 1. The highest BCUT2D eigenvalue weighted by Gasteiger charge is 2.40. The lowest BCUT2D eigenvalue weighted by Gasteiger charge is -2.13. The smallest absolute Gasteiger partial charge is 0.406 e. The van der Waals surface area contributed by atoms with Crippen molar-refractivity contribution in [3.63, 3.8) is 0 Å². The van der Waals surface area contributed by atoms with Gasteiger partial charge in [0, 0.05) is 12.1 Å². The van der Waals surface area contributed by atoms with Gasteiger partial charge < -0.3 is 10.5 Å². The van der Waals surface area contributed by atoms with E-state index in [0.29, 0.717) is 16.8 Å². The Morgan fingerprint density at radius 1 is 1.12 bits per heavy atom. The van der Waals surface area contributed by atoms with Crippen molar-refractivity contribution in [3.05, 3.63) is 33.4 Å². The summed E-state index contributed by atoms with van der Waals surface area (Å²) in [5.74, 6) is -1.53. The normalized spacial score (nSPS) is 12.1. The molecule has 5 nitrogen and oxygen atoms in total. The number of nitrogens with zero attached hydrogens (tertiary/aromatic N) is 3. The van der Waals surface area contributed by atoms with Gasteiger partial charge in [0.25, 0.3) is 0 Å². The van der Waals surface area contributed by atoms with E-state index in [9.17, 15) is 26.3 Å². The van der Waals surface area contributed by atoms with E-state index >= 15 is 0 Å². The van der Waals surface area contributed by atoms with Crippen LogP contribution in [-0.4, -0.2) is 16.1 Å². The molecule has 2 N–H and O–H groups in total. The fourth-order valence-corrected chi connectivity index (χ4v) is 2.47. The highest BCUT2D eigenvalue weighted by molar-refractivity contribution is 6.38. The second-order valence-corrected chi connectivity index (χ2v) is 5.23. The molecule has 0 bridgehead atoms. The molecule has 13 heteroatoms. The Balaban J connectivity index is 2.64. The zero-order chi connectivity index (χ0) is 19.2. The number of nitrogens with two attached hydrogens (primary N) is 1. The molecule has 2 rings (SSSR count). The molecule has 25 heavy (non-hydrogen) atoms. The maximum Gasteiger partial charge on any atom is 0.573 e. The molecule has 0 aliphatic carbocycles. The zero-order valence-corrected chi connectivity index (χ0v) is 13.0. The summed E-state index contributed by atoms with van der Waals surface area (Å²) in [5, 5.41) is 10.9. The molecule has 0 saturated carbocycles. The Morgan fingerprint density at radius 3 is 2.00 bits per heavy atom. The summed E-state index contributed by atoms with van der Waals surface area (Å²) in [5.41, 5.74) is 2.46. The van der Waals surface area contributed by atoms with Crippen LogP contribution in [0.5, 0.6) is 5.75 Å². The Morgan fingerprint density at radius 2 is 1.64 bits per heavy atom. The number of benzene rings is 1. The number of halogens is 8. The van der Waals surface area contributed by atoms with Crippen LogP contribution in [0.1, 0.15) is 11.3 Å². The van der Waals surface area contributed by atoms with E-state index in [-0.39, 0.29) is 0 Å². The van der Waals surface area contributed by atoms with Crippen molar-refractivity contribution in [2.45, 2.75) is 12.5 Å². The number of ether oxygens (including phenoxy) is 1. The molecule has 0 unspecified atom stereocenters. The predicted molar refractivity (Wildman–Crippen MR) is 74.4 cm³/mol. The molecule has 1 aromatic heterocycles. The van der Waals surface area contributed by atoms with Gasteiger partial charge in [-0.15, -0.1) is 13.2 Å². The number of hydrogen-bond acceptors (Lipinski definition) is 4. The predicted octanol–water partition coefficient (Wildman–Crippen LogP) is 4.55. The molecule has 1 heterocycles. The average molecular weight is 405 g/mol. The summed E-state index contributed by atoms with van der Waals surface area (Å²) in [6.07, 6.45) is -10.0. The van der Waals surface area contributed by atoms with E-state index in [0.717, 1.165) is 0 Å². The summed E-state index contributed by atoms with van der Waals surface area (Å²) in [7, 11) is 0. The third-order valence-corrected chi connectivity index (χ3v) is 3.31. The maximum absolute atomic E-state index is 12.9. The maximum atomic E-state index is 12.9. The molecule has 0 amide bonds. The number of rotatable bonds is 2. The molecular formula is C12H4Cl2F6N4O. The van der Waals surface area contributed by atoms with Crippen molar-refractivity contribution >= 4 is 29.0 Å². The summed E-state index contributed by atoms with van der Waals surface area (Å²) >= 11 is 11.6. The number of anilines is 1. The minimum atomic E-state index is -5.03. The van der Waals surface area contributed by atoms with Gasteiger partial charge in [0.05, 0.1) is 10.0 Å². The minimum Gasteiger partial charge on any atom is -0.406 e. The van der Waals surface area contributed by atoms with Gasteiger partial charge in [0.15, 0.2) is 5.69 Å². The van der Waals surface area contributed by atoms with E-state index in [1.165, 1.54) is 6.07 Å². The molecule has 134 valence electrons. The van der Waals surface area contributed by atoms with E-state index in [4.69, 9.17) is 34.2 Å². The average Bonchev–Trinajstić information content (AvgIpc) is 2.73. The molecule has 0 fully saturated rings. The second kappa shape index (κ2) is 6.20. The first-order valence-electron chi connectivity index (χ1n) is 5.96. The number of alkyl halides is 6. The fraction of sp³-hybridized carbons (Fsp3) is 0.167. The van der Waals surface area contributed by atoms with Crippen LogP contribution in [-0.2, 0) is 6.18 Å². The van der Waals surface area contributed by atoms with Gasteiger partial charge in [0.2, 0.25) is 0 Å². The van der Waals surface area contributed by atoms with Crippen molar-refractivity contribution in [2.24, 2.45) is 0 Å². The molecule has 0 aliphatic rings. The Kier molecular flexibility index (Phi) is 4.71. The monoisotopic (exact) mass is 404 g/mol. The van der Waals surface area contributed by atoms with Gasteiger partial charge in [-0.3, -0.25) is 0 Å². The Hall–Kier alpha value is -2.32. The van der Waals surface area contributed by atoms with Gasteiger partial charge in [-0.2, -0.15) is 23.5 Å². The standard InChI is InChI=1S/C12H4Cl2F6N4O/c13-6-1-4(25-12(18,19)20)2-7(14)8(6)24-10(22)5(3-21)9(23-24)11(15,16)17/h1-2H,22H2. The first kappa shape index (κ1) is 19.0. The molecule has 0 spiro atoms. The molecule has 0 radical (unpaired) electrons. The van der Waals surface area contributed by atoms with Crippen molar-refractivity contribution in [1.29, 1.82) is 5.26 Å². The first-order chi connectivity index (χ1) is 11.3. The van der Waals surface area contributed by atoms with Crippen molar-refractivity contribution < 1.29 is 31.1 Å². The van der Waals surface area contributed by atoms with Crippen LogP contribution in [0.4, 0.5) is 32.2 Å². The SMILES string of the molecule is N#Cc1c(C(F)(F)F)nn(-c2c(Cl)cc(OC(F)(F)F)cc2Cl)c1N. The largest absolute Gasteiger partial charge is 0.573 e. The number of aromatic nitrogens is 2. The van der Waals surface area contributed by atoms with Crippen LogP contribution >= 0.6 is 23.2 Å². The van der Waals surface area contributed by atoms with Crippen LogP contribution in [0.2, 0.25) is 10.0 Å². The summed E-state index contributed by atoms with van der Waals surface area (Å²) < 4.78 is 79.4. The highest BCUT2D eigenvalue weighted by atomic mass is 35.5. The van der Waals surface area contributed by atoms with Crippen LogP contribution in [0.3, 0.4) is 0 Å². The van der Waals surface area contributed by atoms with Crippen molar-refractivity contribution in [3.8, 4) is 17.5 Å². The summed E-state index contributed by atoms with van der Waals surface area (Å²) in [6.45, 7) is 0. The van der Waals surface area contributed by atoms with Crippen LogP contribution in [0, 0.1) is 11.3 Å². The minimum absolute atomic E-state index is 0.420. The molecular weight excluding hydrogens is 401 g/mol. The summed E-state index contributed by atoms with van der Waals surface area (Å²) in [6, 6.07) is 2.58. The molecule has 1 aromatic carbocycles. The Labute approximate surface area is 145 Å². The zero-order valence-electron chi connectivity index (χ0n) is 11.5. The molecule has 2 aromatic rings. The van der Waals surface area contributed by atoms with Crippen molar-refractivity contribution in [2.75, 3.05) is 5.73 Å². The van der Waals surface area contributed by atoms with Crippen LogP contribution < -0.4 is 10.5 Å². The second-order valence-electron chi connectivity index (χ2n) is 4.41. The van der Waals surface area contributed by atoms with Gasteiger partial charge in [0.1, 0.15) is 28.9 Å². The van der Waals surface area contributed by atoms with Gasteiger partial charge in [-0.05, 0) is 0 Å².